The van der Waals surface area contributed by atoms with E-state index < -0.39 is 0 Å². The normalized spacial score (nSPS) is 10.3. The summed E-state index contributed by atoms with van der Waals surface area (Å²) < 4.78 is 6.70. The van der Waals surface area contributed by atoms with Crippen LogP contribution < -0.4 is 5.32 Å². The summed E-state index contributed by atoms with van der Waals surface area (Å²) in [5, 5.41) is 10.8. The molecule has 1 aromatic heterocycles. The summed E-state index contributed by atoms with van der Waals surface area (Å²) >= 11 is 0. The average Bonchev–Trinajstić information content (AvgIpc) is 2.94. The van der Waals surface area contributed by atoms with Crippen LogP contribution in [0.4, 0.5) is 0 Å². The maximum absolute atomic E-state index is 10.3. The maximum Gasteiger partial charge on any atom is 0.293 e. The summed E-state index contributed by atoms with van der Waals surface area (Å²) in [6.45, 7) is 13.8. The molecule has 0 spiro atoms. The Bertz CT molecular complexity index is 739. The van der Waals surface area contributed by atoms with Crippen molar-refractivity contribution in [2.45, 2.75) is 66.5 Å². The van der Waals surface area contributed by atoms with E-state index in [0.717, 1.165) is 6.42 Å². The SMILES string of the molecule is CC.CC(C)(C)OC=O.Cc1cccc2c(CC(C)N[C-]=O)cn(C)c12.O=CO.[Fm]. The maximum atomic E-state index is 10.3. The second-order valence-corrected chi connectivity index (χ2v) is 7.02. The van der Waals surface area contributed by atoms with Gasteiger partial charge in [0.25, 0.3) is 12.9 Å². The van der Waals surface area contributed by atoms with E-state index in [9.17, 15) is 9.59 Å². The Morgan fingerprint density at radius 1 is 1.27 bits per heavy atom. The van der Waals surface area contributed by atoms with Gasteiger partial charge in [-0.15, -0.1) is 0 Å². The molecule has 2 rings (SSSR count). The van der Waals surface area contributed by atoms with Gasteiger partial charge in [0.1, 0.15) is 5.60 Å². The molecule has 2 aromatic rings. The minimum Gasteiger partial charge on any atom is -0.527 e. The molecule has 0 fully saturated rings. The first kappa shape index (κ1) is 30.9. The van der Waals surface area contributed by atoms with Crippen LogP contribution >= 0.6 is 0 Å². The number of carbonyl (C=O) groups is 2. The molecule has 0 aliphatic rings. The first-order valence-electron chi connectivity index (χ1n) is 9.46. The fraction of sp³-hybridized carbons (Fsp3) is 0.500. The molecule has 1 aromatic carbocycles. The quantitative estimate of drug-likeness (QED) is 0.289. The Morgan fingerprint density at radius 2 is 1.80 bits per heavy atom. The van der Waals surface area contributed by atoms with Crippen LogP contribution in [0, 0.1) is 6.92 Å². The van der Waals surface area contributed by atoms with Crippen LogP contribution in [0.15, 0.2) is 24.4 Å². The molecular weight excluding hydrogens is 629 g/mol. The number of carboxylic acid groups (broad SMARTS) is 1. The van der Waals surface area contributed by atoms with Gasteiger partial charge in [-0.3, -0.25) is 9.59 Å². The van der Waals surface area contributed by atoms with E-state index in [0.29, 0.717) is 6.47 Å². The number of rotatable bonds is 5. The van der Waals surface area contributed by atoms with Crippen LogP contribution in [0.25, 0.3) is 10.9 Å². The number of hydrogen-bond donors (Lipinski definition) is 2. The fourth-order valence-electron chi connectivity index (χ4n) is 2.54. The predicted octanol–water partition coefficient (Wildman–Crippen LogP) is 3.76. The number of fused-ring (bicyclic) bond motifs is 1. The number of aryl methyl sites for hydroxylation is 2. The third-order valence-electron chi connectivity index (χ3n) is 3.52. The number of nitrogens with zero attached hydrogens (tertiary/aromatic N) is 1. The van der Waals surface area contributed by atoms with E-state index in [2.05, 4.69) is 53.0 Å². The van der Waals surface area contributed by atoms with E-state index in [-0.39, 0.29) is 18.1 Å². The zero-order chi connectivity index (χ0) is 23.0. The van der Waals surface area contributed by atoms with Crippen molar-refractivity contribution in [3.8, 4) is 0 Å². The van der Waals surface area contributed by atoms with Crippen LogP contribution in [0.5, 0.6) is 0 Å². The number of aromatic nitrogens is 1. The Balaban J connectivity index is -0.000000474. The zero-order valence-corrected chi connectivity index (χ0v) is 21.5. The number of benzene rings is 1. The molecule has 0 aliphatic carbocycles. The fourth-order valence-corrected chi connectivity index (χ4v) is 2.54. The molecule has 0 saturated heterocycles. The molecule has 0 radical (unpaired) electrons. The van der Waals surface area contributed by atoms with Gasteiger partial charge in [-0.2, -0.15) is 6.41 Å². The van der Waals surface area contributed by atoms with Crippen molar-refractivity contribution in [3.63, 3.8) is 0 Å². The molecule has 0 saturated carbocycles. The van der Waals surface area contributed by atoms with Gasteiger partial charge >= 0.3 is 0 Å². The number of hydrogen-bond acceptors (Lipinski definition) is 4. The van der Waals surface area contributed by atoms with Crippen molar-refractivity contribution >= 4 is 30.3 Å². The van der Waals surface area contributed by atoms with E-state index in [1.807, 2.05) is 41.5 Å². The zero-order valence-electron chi connectivity index (χ0n) is 19.1. The van der Waals surface area contributed by atoms with Crippen molar-refractivity contribution < 1.29 is 24.2 Å². The van der Waals surface area contributed by atoms with Crippen LogP contribution in [0.3, 0.4) is 0 Å². The van der Waals surface area contributed by atoms with Gasteiger partial charge in [-0.1, -0.05) is 32.0 Å². The largest absolute Gasteiger partial charge is 0.527 e. The van der Waals surface area contributed by atoms with Crippen molar-refractivity contribution in [1.82, 2.24) is 9.88 Å². The number of nitrogens with one attached hydrogen (secondary N) is 1. The van der Waals surface area contributed by atoms with Crippen molar-refractivity contribution in [2.24, 2.45) is 7.05 Å². The molecule has 176 valence electrons. The average molecular weight is 665 g/mol. The molecule has 1 unspecified atom stereocenters. The van der Waals surface area contributed by atoms with Crippen molar-refractivity contribution in [2.75, 3.05) is 0 Å². The van der Waals surface area contributed by atoms with Gasteiger partial charge in [0.05, 0.1) is 5.52 Å². The first-order valence-corrected chi connectivity index (χ1v) is 9.46. The van der Waals surface area contributed by atoms with Crippen LogP contribution in [-0.4, -0.2) is 40.7 Å². The van der Waals surface area contributed by atoms with Crippen molar-refractivity contribution in [3.05, 3.63) is 35.5 Å². The van der Waals surface area contributed by atoms with E-state index >= 15 is 0 Å². The van der Waals surface area contributed by atoms with E-state index in [1.54, 1.807) is 6.41 Å². The number of para-hydroxylation sites is 1. The molecule has 7 nitrogen and oxygen atoms in total. The Hall–Kier alpha value is -3.83. The minimum absolute atomic E-state index is 0. The molecule has 30 heavy (non-hydrogen) atoms. The van der Waals surface area contributed by atoms with Crippen LogP contribution in [0.1, 0.15) is 52.7 Å². The number of amides is 1. The molecule has 1 atom stereocenters. The summed E-state index contributed by atoms with van der Waals surface area (Å²) in [5.74, 6) is 0. The van der Waals surface area contributed by atoms with Gasteiger partial charge in [0.15, 0.2) is 0 Å². The second kappa shape index (κ2) is 16.2. The van der Waals surface area contributed by atoms with Gasteiger partial charge in [0.2, 0.25) is 0 Å². The molecular formula is C22H35FmN2O5-. The monoisotopic (exact) mass is 664 g/mol. The van der Waals surface area contributed by atoms with E-state index in [4.69, 9.17) is 9.90 Å². The van der Waals surface area contributed by atoms with Gasteiger partial charge < -0.3 is 24.5 Å². The number of carbonyl (C=O) groups excluding carboxylic acids is 2. The smallest absolute Gasteiger partial charge is 0.293 e. The first-order chi connectivity index (χ1) is 13.6. The van der Waals surface area contributed by atoms with Crippen LogP contribution in [-0.2, 0) is 32.6 Å². The molecule has 1 amide bonds. The van der Waals surface area contributed by atoms with Gasteiger partial charge in [-0.25, -0.2) is 0 Å². The summed E-state index contributed by atoms with van der Waals surface area (Å²) in [6.07, 6.45) is 4.72. The van der Waals surface area contributed by atoms with Crippen LogP contribution in [0.2, 0.25) is 0 Å². The third kappa shape index (κ3) is 11.8. The third-order valence-corrected chi connectivity index (χ3v) is 3.52. The Morgan fingerprint density at radius 3 is 2.20 bits per heavy atom. The van der Waals surface area contributed by atoms with Gasteiger partial charge in [0, 0.05) is 18.6 Å². The molecule has 1 heterocycles. The summed E-state index contributed by atoms with van der Waals surface area (Å²) in [7, 11) is 2.06. The summed E-state index contributed by atoms with van der Waals surface area (Å²) in [4.78, 5) is 28.2. The Kier molecular flexibility index (Phi) is 16.6. The van der Waals surface area contributed by atoms with Crippen molar-refractivity contribution in [1.29, 1.82) is 0 Å². The minimum atomic E-state index is -0.318. The predicted molar refractivity (Wildman–Crippen MR) is 117 cm³/mol. The topological polar surface area (TPSA) is 97.6 Å². The van der Waals surface area contributed by atoms with E-state index in [1.165, 1.54) is 22.0 Å². The Labute approximate surface area is 174 Å². The summed E-state index contributed by atoms with van der Waals surface area (Å²) in [5.41, 5.74) is 3.49. The molecule has 2 N–H and O–H groups in total. The summed E-state index contributed by atoms with van der Waals surface area (Å²) in [6, 6.07) is 6.44. The second-order valence-electron chi connectivity index (χ2n) is 7.02. The molecule has 0 bridgehead atoms. The van der Waals surface area contributed by atoms with Gasteiger partial charge in [-0.05, 0) is 58.2 Å². The standard InChI is InChI=1S/C14H17N2O.C5H10O2.C2H6.CH2O2.Fm/c1-10-5-4-6-13-12(7-11(2)15-9-17)8-16(3)14(10)13;1-5(2,3)7-4-6;1-2;2-1-3;/h4-6,8,11H,7H2,1-3H3,(H,15,17);4H,1-3H3;1-2H3;1H,(H,2,3);/q-1;;;;. The molecule has 0 aliphatic heterocycles. The number of ether oxygens (including phenoxy) is 1. The molecule has 8 heteroatoms.